The van der Waals surface area contributed by atoms with Gasteiger partial charge in [-0.3, -0.25) is 0 Å². The third-order valence-corrected chi connectivity index (χ3v) is 1.32. The van der Waals surface area contributed by atoms with Crippen molar-refractivity contribution in [2.75, 3.05) is 0 Å². The zero-order valence-electron chi connectivity index (χ0n) is 6.82. The molecule has 0 bridgehead atoms. The van der Waals surface area contributed by atoms with E-state index in [2.05, 4.69) is 0 Å². The van der Waals surface area contributed by atoms with Crippen molar-refractivity contribution in [2.24, 2.45) is 0 Å². The average molecular weight is 167 g/mol. The minimum absolute atomic E-state index is 0. The molecule has 1 aromatic carbocycles. The number of hydrogen-bond donors (Lipinski definition) is 0. The van der Waals surface area contributed by atoms with E-state index in [1.807, 2.05) is 12.1 Å². The quantitative estimate of drug-likeness (QED) is 0.300. The van der Waals surface area contributed by atoms with Crippen molar-refractivity contribution in [3.05, 3.63) is 41.8 Å². The van der Waals surface area contributed by atoms with Gasteiger partial charge < -0.3 is 4.79 Å². The Hall–Kier alpha value is -0.750. The van der Waals surface area contributed by atoms with Gasteiger partial charge in [-0.05, 0) is 5.92 Å². The molecule has 0 aliphatic heterocycles. The van der Waals surface area contributed by atoms with Crippen LogP contribution in [-0.2, 0) is 4.79 Å². The third kappa shape index (κ3) is 2.71. The molecule has 0 N–H and O–H groups in total. The van der Waals surface area contributed by atoms with Gasteiger partial charge in [0.2, 0.25) is 0 Å². The van der Waals surface area contributed by atoms with E-state index in [0.717, 1.165) is 0 Å². The standard InChI is InChI=1S/C9H6NO.Na/c10-6-9(7-11)8-4-2-1-3-5-8;/h1-5,7H;/q-1;+1. The molecule has 3 heteroatoms. The van der Waals surface area contributed by atoms with Gasteiger partial charge in [-0.25, -0.2) is 5.26 Å². The number of rotatable bonds is 2. The van der Waals surface area contributed by atoms with Crippen LogP contribution in [0, 0.1) is 17.2 Å². The van der Waals surface area contributed by atoms with Crippen LogP contribution in [0.15, 0.2) is 30.3 Å². The van der Waals surface area contributed by atoms with Gasteiger partial charge in [-0.1, -0.05) is 6.07 Å². The molecule has 0 saturated carbocycles. The summed E-state index contributed by atoms with van der Waals surface area (Å²) in [4.78, 5) is 10.3. The van der Waals surface area contributed by atoms with Gasteiger partial charge in [0.1, 0.15) is 6.29 Å². The number of aldehydes is 1. The van der Waals surface area contributed by atoms with Crippen LogP contribution in [0.2, 0.25) is 0 Å². The molecule has 0 unspecified atom stereocenters. The fourth-order valence-corrected chi connectivity index (χ4v) is 0.777. The average Bonchev–Trinajstić information content (AvgIpc) is 2.09. The molecule has 1 rings (SSSR count). The van der Waals surface area contributed by atoms with E-state index in [1.54, 1.807) is 24.3 Å². The Morgan fingerprint density at radius 1 is 1.33 bits per heavy atom. The largest absolute Gasteiger partial charge is 1.00 e. The first-order chi connectivity index (χ1) is 5.38. The monoisotopic (exact) mass is 167 g/mol. The SMILES string of the molecule is N#C[C-](C=O)c1ccccc1.[Na+]. The number of carbonyl (C=O) groups excluding carboxylic acids is 1. The molecule has 0 aliphatic rings. The maximum Gasteiger partial charge on any atom is 1.00 e. The molecule has 0 aliphatic carbocycles. The fraction of sp³-hybridized carbons (Fsp3) is 0. The molecule has 12 heavy (non-hydrogen) atoms. The zero-order valence-corrected chi connectivity index (χ0v) is 8.82. The van der Waals surface area contributed by atoms with Crippen LogP contribution in [0.1, 0.15) is 5.56 Å². The van der Waals surface area contributed by atoms with Crippen LogP contribution < -0.4 is 29.6 Å². The van der Waals surface area contributed by atoms with Crippen molar-refractivity contribution in [1.29, 1.82) is 5.26 Å². The van der Waals surface area contributed by atoms with Crippen molar-refractivity contribution in [3.8, 4) is 6.07 Å². The summed E-state index contributed by atoms with van der Waals surface area (Å²) in [5, 5.41) is 8.46. The predicted molar refractivity (Wildman–Crippen MR) is 40.5 cm³/mol. The van der Waals surface area contributed by atoms with E-state index in [1.165, 1.54) is 0 Å². The Bertz CT molecular complexity index is 278. The molecule has 0 fully saturated rings. The molecule has 1 aromatic rings. The molecule has 0 spiro atoms. The molecule has 0 saturated heterocycles. The van der Waals surface area contributed by atoms with E-state index < -0.39 is 0 Å². The maximum atomic E-state index is 10.3. The summed E-state index contributed by atoms with van der Waals surface area (Å²) >= 11 is 0. The van der Waals surface area contributed by atoms with Gasteiger partial charge in [0.15, 0.2) is 0 Å². The molecule has 0 atom stereocenters. The summed E-state index contributed by atoms with van der Waals surface area (Å²) < 4.78 is 0. The second kappa shape index (κ2) is 5.84. The van der Waals surface area contributed by atoms with Crippen molar-refractivity contribution < 1.29 is 34.4 Å². The number of nitrogens with zero attached hydrogens (tertiary/aromatic N) is 1. The molecule has 2 nitrogen and oxygen atoms in total. The van der Waals surface area contributed by atoms with Crippen LogP contribution in [-0.4, -0.2) is 6.29 Å². The zero-order chi connectivity index (χ0) is 8.10. The minimum atomic E-state index is 0. The summed E-state index contributed by atoms with van der Waals surface area (Å²) in [5.74, 6) is 0.172. The summed E-state index contributed by atoms with van der Waals surface area (Å²) in [6.07, 6.45) is 0.565. The number of hydrogen-bond acceptors (Lipinski definition) is 2. The van der Waals surface area contributed by atoms with E-state index in [4.69, 9.17) is 5.26 Å². The normalized spacial score (nSPS) is 7.58. The third-order valence-electron chi connectivity index (χ3n) is 1.32. The van der Waals surface area contributed by atoms with E-state index in [-0.39, 0.29) is 35.5 Å². The van der Waals surface area contributed by atoms with Gasteiger partial charge in [0.25, 0.3) is 0 Å². The van der Waals surface area contributed by atoms with Gasteiger partial charge in [0, 0.05) is 6.07 Å². The molecule has 0 amide bonds. The Balaban J connectivity index is 0.00000121. The number of nitriles is 1. The molecule has 0 radical (unpaired) electrons. The first-order valence-electron chi connectivity index (χ1n) is 3.16. The van der Waals surface area contributed by atoms with E-state index >= 15 is 0 Å². The Morgan fingerprint density at radius 2 is 1.92 bits per heavy atom. The molecular formula is C9H6NNaO. The summed E-state index contributed by atoms with van der Waals surface area (Å²) in [6.45, 7) is 0. The molecular weight excluding hydrogens is 161 g/mol. The topological polar surface area (TPSA) is 40.9 Å². The number of benzene rings is 1. The van der Waals surface area contributed by atoms with Gasteiger partial charge in [-0.2, -0.15) is 17.7 Å². The molecule has 54 valence electrons. The van der Waals surface area contributed by atoms with Crippen LogP contribution in [0.3, 0.4) is 0 Å². The minimum Gasteiger partial charge on any atom is -0.312 e. The van der Waals surface area contributed by atoms with Crippen LogP contribution >= 0.6 is 0 Å². The first-order valence-corrected chi connectivity index (χ1v) is 3.16. The van der Waals surface area contributed by atoms with Gasteiger partial charge in [0.05, 0.1) is 0 Å². The van der Waals surface area contributed by atoms with E-state index in [9.17, 15) is 4.79 Å². The van der Waals surface area contributed by atoms with Crippen LogP contribution in [0.25, 0.3) is 0 Å². The molecule has 0 aromatic heterocycles. The van der Waals surface area contributed by atoms with Crippen molar-refractivity contribution in [3.63, 3.8) is 0 Å². The Morgan fingerprint density at radius 3 is 2.33 bits per heavy atom. The molecule has 0 heterocycles. The smallest absolute Gasteiger partial charge is 0.312 e. The summed E-state index contributed by atoms with van der Waals surface area (Å²) in [6, 6.07) is 10.7. The Labute approximate surface area is 93.5 Å². The second-order valence-corrected chi connectivity index (χ2v) is 2.01. The second-order valence-electron chi connectivity index (χ2n) is 2.01. The predicted octanol–water partition coefficient (Wildman–Crippen LogP) is -1.66. The summed E-state index contributed by atoms with van der Waals surface area (Å²) in [7, 11) is 0. The Kier molecular flexibility index (Phi) is 5.48. The van der Waals surface area contributed by atoms with Crippen LogP contribution in [0.5, 0.6) is 0 Å². The van der Waals surface area contributed by atoms with Gasteiger partial charge in [-0.15, -0.1) is 12.1 Å². The number of carbonyl (C=O) groups is 1. The van der Waals surface area contributed by atoms with Gasteiger partial charge >= 0.3 is 29.6 Å². The maximum absolute atomic E-state index is 10.3. The first kappa shape index (κ1) is 11.2. The fourth-order valence-electron chi connectivity index (χ4n) is 0.777. The van der Waals surface area contributed by atoms with Crippen molar-refractivity contribution >= 4 is 6.29 Å². The summed E-state index contributed by atoms with van der Waals surface area (Å²) in [5.41, 5.74) is 0.671. The van der Waals surface area contributed by atoms with E-state index in [0.29, 0.717) is 11.8 Å². The van der Waals surface area contributed by atoms with Crippen LogP contribution in [0.4, 0.5) is 0 Å². The van der Waals surface area contributed by atoms with Crippen molar-refractivity contribution in [2.45, 2.75) is 0 Å². The van der Waals surface area contributed by atoms with Crippen molar-refractivity contribution in [1.82, 2.24) is 0 Å².